The van der Waals surface area contributed by atoms with Crippen LogP contribution >= 0.6 is 0 Å². The fourth-order valence-corrected chi connectivity index (χ4v) is 11.9. The first-order valence-corrected chi connectivity index (χ1v) is 25.0. The molecule has 6 heteroatoms. The molecule has 15 rings (SSSR count). The number of fused-ring (bicyclic) bond motifs is 10. The number of hydrogen-bond donors (Lipinski definition) is 0. The largest absolute Gasteiger partial charge is 0.309 e. The van der Waals surface area contributed by atoms with Crippen LogP contribution in [-0.4, -0.2) is 25.5 Å². The van der Waals surface area contributed by atoms with Crippen LogP contribution in [0.2, 0.25) is 0 Å². The third kappa shape index (κ3) is 6.12. The molecule has 0 atom stereocenters. The Bertz CT molecular complexity index is 4300. The first kappa shape index (κ1) is 41.7. The summed E-state index contributed by atoms with van der Waals surface area (Å²) < 4.78 is 6.89. The number of carbonyl (C=O) groups excluding carboxylic acids is 2. The fourth-order valence-electron chi connectivity index (χ4n) is 11.9. The molecule has 0 saturated carbocycles. The van der Waals surface area contributed by atoms with Crippen molar-refractivity contribution in [2.45, 2.75) is 0 Å². The monoisotopic (exact) mass is 946 g/mol. The Balaban J connectivity index is 0.981. The van der Waals surface area contributed by atoms with Crippen LogP contribution in [0.25, 0.3) is 116 Å². The summed E-state index contributed by atoms with van der Waals surface area (Å²) in [6, 6.07) is 88.0. The molecule has 4 heterocycles. The van der Waals surface area contributed by atoms with Gasteiger partial charge >= 0.3 is 0 Å². The van der Waals surface area contributed by atoms with Gasteiger partial charge in [-0.2, -0.15) is 0 Å². The minimum Gasteiger partial charge on any atom is -0.309 e. The number of carbonyl (C=O) groups is 2. The van der Waals surface area contributed by atoms with Gasteiger partial charge in [0.2, 0.25) is 0 Å². The lowest BCUT2D eigenvalue weighted by Crippen LogP contribution is -2.30. The molecule has 0 saturated heterocycles. The average Bonchev–Trinajstić information content (AvgIpc) is 4.17. The molecule has 0 bridgehead atoms. The highest BCUT2D eigenvalue weighted by Gasteiger charge is 2.42. The van der Waals surface area contributed by atoms with Gasteiger partial charge in [0.15, 0.2) is 0 Å². The first-order chi connectivity index (χ1) is 36.6. The topological polar surface area (TPSA) is 52.2 Å². The van der Waals surface area contributed by atoms with Gasteiger partial charge in [-0.3, -0.25) is 9.59 Å². The Morgan fingerprint density at radius 1 is 0.257 bits per heavy atom. The third-order valence-corrected chi connectivity index (χ3v) is 15.2. The summed E-state index contributed by atoms with van der Waals surface area (Å²) in [5.41, 5.74) is 15.6. The van der Waals surface area contributed by atoms with Crippen LogP contribution in [0, 0.1) is 0 Å². The predicted molar refractivity (Wildman–Crippen MR) is 303 cm³/mol. The minimum atomic E-state index is -0.374. The Labute approximate surface area is 425 Å². The maximum absolute atomic E-state index is 15.9. The van der Waals surface area contributed by atoms with Crippen molar-refractivity contribution >= 4 is 82.9 Å². The molecule has 74 heavy (non-hydrogen) atoms. The Hall–Kier alpha value is -10.0. The van der Waals surface area contributed by atoms with Crippen molar-refractivity contribution in [2.24, 2.45) is 0 Å². The van der Waals surface area contributed by atoms with Crippen LogP contribution in [-0.2, 0) is 0 Å². The van der Waals surface area contributed by atoms with Gasteiger partial charge in [0.1, 0.15) is 0 Å². The Morgan fingerprint density at radius 2 is 0.649 bits per heavy atom. The number of hydrogen-bond acceptors (Lipinski definition) is 2. The van der Waals surface area contributed by atoms with Crippen LogP contribution in [0.3, 0.4) is 0 Å². The normalized spacial score (nSPS) is 12.6. The highest BCUT2D eigenvalue weighted by Crippen LogP contribution is 2.48. The van der Waals surface area contributed by atoms with Crippen molar-refractivity contribution in [2.75, 3.05) is 4.90 Å². The van der Waals surface area contributed by atoms with Crippen molar-refractivity contribution in [3.8, 4) is 50.4 Å². The standard InChI is InChI=1S/C68H42N4O2/c73-67-53-29-18-34-64(65(53)68(74)72(67)66-54(44-21-6-2-7-22-44)39-46(43-19-4-1-5-20-43)40-55(66)45-23-8-3-9-24-45)71-62-37-35-47(69-58-30-14-10-25-49(58)50-26-11-15-31-59(50)69)41-56(62)57-42-48(36-38-63(57)71)70-60-32-16-12-27-51(60)52-28-13-17-33-61(52)70/h1-42H. The summed E-state index contributed by atoms with van der Waals surface area (Å²) in [5.74, 6) is -0.738. The van der Waals surface area contributed by atoms with Crippen LogP contribution in [0.15, 0.2) is 255 Å². The molecule has 0 N–H and O–H groups in total. The molecule has 0 spiro atoms. The molecule has 14 aromatic rings. The number of aromatic nitrogens is 3. The van der Waals surface area contributed by atoms with Crippen molar-refractivity contribution in [1.82, 2.24) is 13.7 Å². The van der Waals surface area contributed by atoms with Gasteiger partial charge in [0.25, 0.3) is 11.8 Å². The summed E-state index contributed by atoms with van der Waals surface area (Å²) in [5, 5.41) is 6.78. The number of benzene rings is 11. The van der Waals surface area contributed by atoms with E-state index >= 15 is 9.59 Å². The van der Waals surface area contributed by atoms with Gasteiger partial charge < -0.3 is 13.7 Å². The molecule has 0 aliphatic carbocycles. The van der Waals surface area contributed by atoms with Gasteiger partial charge in [-0.15, -0.1) is 0 Å². The molecule has 6 nitrogen and oxygen atoms in total. The van der Waals surface area contributed by atoms with Crippen molar-refractivity contribution in [3.63, 3.8) is 0 Å². The fraction of sp³-hybridized carbons (Fsp3) is 0. The molecule has 0 fully saturated rings. The molecule has 3 aromatic heterocycles. The molecule has 346 valence electrons. The van der Waals surface area contributed by atoms with E-state index in [0.717, 1.165) is 88.6 Å². The number of amides is 2. The van der Waals surface area contributed by atoms with Gasteiger partial charge in [0.05, 0.1) is 55.6 Å². The zero-order valence-electron chi connectivity index (χ0n) is 39.9. The molecule has 11 aromatic carbocycles. The number of rotatable bonds is 7. The van der Waals surface area contributed by atoms with E-state index in [2.05, 4.69) is 171 Å². The summed E-state index contributed by atoms with van der Waals surface area (Å²) in [7, 11) is 0. The van der Waals surface area contributed by atoms with E-state index in [9.17, 15) is 0 Å². The van der Waals surface area contributed by atoms with Crippen molar-refractivity contribution < 1.29 is 9.59 Å². The second kappa shape index (κ2) is 16.2. The van der Waals surface area contributed by atoms with E-state index in [1.54, 1.807) is 6.07 Å². The highest BCUT2D eigenvalue weighted by atomic mass is 16.2. The lowest BCUT2D eigenvalue weighted by molar-refractivity contribution is 0.0926. The molecule has 2 amide bonds. The highest BCUT2D eigenvalue weighted by molar-refractivity contribution is 6.37. The maximum atomic E-state index is 15.9. The lowest BCUT2D eigenvalue weighted by Gasteiger charge is -2.24. The van der Waals surface area contributed by atoms with Crippen molar-refractivity contribution in [3.05, 3.63) is 266 Å². The molecule has 1 aliphatic rings. The second-order valence-electron chi connectivity index (χ2n) is 19.1. The van der Waals surface area contributed by atoms with E-state index in [1.165, 1.54) is 26.4 Å². The van der Waals surface area contributed by atoms with E-state index in [-0.39, 0.29) is 11.8 Å². The number of nitrogens with zero attached hydrogens (tertiary/aromatic N) is 4. The number of anilines is 1. The molecular formula is C68H42N4O2. The molecule has 0 radical (unpaired) electrons. The first-order valence-electron chi connectivity index (χ1n) is 25.0. The smallest absolute Gasteiger partial charge is 0.268 e. The van der Waals surface area contributed by atoms with Crippen LogP contribution < -0.4 is 4.90 Å². The van der Waals surface area contributed by atoms with E-state index in [1.807, 2.05) is 91.0 Å². The van der Waals surface area contributed by atoms with Gasteiger partial charge in [0, 0.05) is 54.8 Å². The molecular weight excluding hydrogens is 905 g/mol. The van der Waals surface area contributed by atoms with Crippen LogP contribution in [0.1, 0.15) is 20.7 Å². The third-order valence-electron chi connectivity index (χ3n) is 15.2. The summed E-state index contributed by atoms with van der Waals surface area (Å²) in [6.07, 6.45) is 0. The zero-order valence-corrected chi connectivity index (χ0v) is 39.9. The van der Waals surface area contributed by atoms with Gasteiger partial charge in [-0.05, 0) is 107 Å². The number of para-hydroxylation sites is 4. The van der Waals surface area contributed by atoms with E-state index in [4.69, 9.17) is 0 Å². The maximum Gasteiger partial charge on any atom is 0.268 e. The SMILES string of the molecule is O=C1c2cccc(-n3c4ccc(-n5c6ccccc6c6ccccc65)cc4c4cc(-n5c6ccccc6c6ccccc65)ccc43)c2C(=O)N1c1c(-c2ccccc2)cc(-c2ccccc2)cc1-c1ccccc1. The minimum absolute atomic E-state index is 0.358. The lowest BCUT2D eigenvalue weighted by atomic mass is 9.90. The quantitative estimate of drug-likeness (QED) is 0.150. The summed E-state index contributed by atoms with van der Waals surface area (Å²) in [4.78, 5) is 32.8. The van der Waals surface area contributed by atoms with Crippen LogP contribution in [0.4, 0.5) is 5.69 Å². The van der Waals surface area contributed by atoms with Crippen molar-refractivity contribution in [1.29, 1.82) is 0 Å². The number of imide groups is 1. The zero-order chi connectivity index (χ0) is 49.0. The Kier molecular flexibility index (Phi) is 9.16. The van der Waals surface area contributed by atoms with Gasteiger partial charge in [-0.25, -0.2) is 4.90 Å². The summed E-state index contributed by atoms with van der Waals surface area (Å²) >= 11 is 0. The van der Waals surface area contributed by atoms with E-state index < -0.39 is 0 Å². The summed E-state index contributed by atoms with van der Waals surface area (Å²) in [6.45, 7) is 0. The second-order valence-corrected chi connectivity index (χ2v) is 19.1. The Morgan fingerprint density at radius 3 is 1.09 bits per heavy atom. The van der Waals surface area contributed by atoms with E-state index in [0.29, 0.717) is 22.5 Å². The average molecular weight is 947 g/mol. The van der Waals surface area contributed by atoms with Gasteiger partial charge in [-0.1, -0.05) is 170 Å². The molecule has 0 unspecified atom stereocenters. The molecule has 1 aliphatic heterocycles. The predicted octanol–water partition coefficient (Wildman–Crippen LogP) is 16.8. The van der Waals surface area contributed by atoms with Crippen LogP contribution in [0.5, 0.6) is 0 Å².